The van der Waals surface area contributed by atoms with E-state index in [1.165, 1.54) is 0 Å². The van der Waals surface area contributed by atoms with Gasteiger partial charge in [0, 0.05) is 22.8 Å². The van der Waals surface area contributed by atoms with E-state index in [2.05, 4.69) is 77.8 Å². The molecule has 0 spiro atoms. The van der Waals surface area contributed by atoms with Crippen LogP contribution in [0.2, 0.25) is 0 Å². The van der Waals surface area contributed by atoms with Crippen molar-refractivity contribution >= 4 is 95.5 Å². The molecule has 1 aromatic rings. The zero-order chi connectivity index (χ0) is 17.6. The number of hydrogen-bond donors (Lipinski definition) is 1. The summed E-state index contributed by atoms with van der Waals surface area (Å²) in [5, 5.41) is 2.68. The molecule has 0 saturated carbocycles. The minimum atomic E-state index is -4.41. The van der Waals surface area contributed by atoms with E-state index in [-0.39, 0.29) is 18.7 Å². The summed E-state index contributed by atoms with van der Waals surface area (Å²) in [6, 6.07) is 3.64. The average molecular weight is 678 g/mol. The quantitative estimate of drug-likeness (QED) is 0.205. The van der Waals surface area contributed by atoms with Crippen molar-refractivity contribution in [1.82, 2.24) is 0 Å². The van der Waals surface area contributed by atoms with Gasteiger partial charge >= 0.3 is 5.97 Å². The van der Waals surface area contributed by atoms with Crippen molar-refractivity contribution in [3.05, 3.63) is 22.8 Å². The first-order valence-electron chi connectivity index (χ1n) is 6.12. The molecule has 1 rings (SSSR count). The maximum absolute atomic E-state index is 11.8. The predicted molar refractivity (Wildman–Crippen MR) is 108 cm³/mol. The van der Waals surface area contributed by atoms with Gasteiger partial charge in [-0.2, -0.15) is 0 Å². The van der Waals surface area contributed by atoms with Crippen molar-refractivity contribution in [3.8, 4) is 0 Å². The van der Waals surface area contributed by atoms with Crippen LogP contribution in [0, 0.1) is 10.7 Å². The number of hydrogen-bond acceptors (Lipinski definition) is 6. The maximum atomic E-state index is 11.8. The molecule has 0 radical (unpaired) electrons. The third-order valence-electron chi connectivity index (χ3n) is 2.42. The van der Waals surface area contributed by atoms with Gasteiger partial charge < -0.3 is 14.6 Å². The van der Waals surface area contributed by atoms with E-state index in [0.717, 1.165) is 10.7 Å². The Balaban J connectivity index is 2.41. The Morgan fingerprint density at radius 1 is 1.13 bits per heavy atom. The smallest absolute Gasteiger partial charge is 0.306 e. The molecule has 0 saturated heterocycles. The number of halogens is 3. The number of nitrogens with one attached hydrogen (secondary N) is 1. The van der Waals surface area contributed by atoms with Gasteiger partial charge in [-0.15, -0.1) is 0 Å². The van der Waals surface area contributed by atoms with Gasteiger partial charge in [-0.25, -0.2) is 8.42 Å². The molecule has 23 heavy (non-hydrogen) atoms. The molecule has 11 heteroatoms. The fourth-order valence-corrected chi connectivity index (χ4v) is 3.76. The van der Waals surface area contributed by atoms with Crippen molar-refractivity contribution in [3.63, 3.8) is 0 Å². The molecule has 0 aliphatic heterocycles. The molecule has 0 heterocycles. The van der Waals surface area contributed by atoms with Crippen LogP contribution < -0.4 is 5.32 Å². The Labute approximate surface area is 174 Å². The van der Waals surface area contributed by atoms with Gasteiger partial charge in [-0.3, -0.25) is 9.59 Å². The van der Waals surface area contributed by atoms with E-state index in [9.17, 15) is 22.6 Å². The van der Waals surface area contributed by atoms with Gasteiger partial charge in [0.1, 0.15) is 6.61 Å². The Hall–Kier alpha value is 0.260. The van der Waals surface area contributed by atoms with E-state index >= 15 is 0 Å². The Kier molecular flexibility index (Phi) is 8.95. The van der Waals surface area contributed by atoms with Crippen molar-refractivity contribution in [1.29, 1.82) is 0 Å². The Morgan fingerprint density at radius 2 is 1.70 bits per heavy atom. The van der Waals surface area contributed by atoms with Crippen molar-refractivity contribution in [2.45, 2.75) is 12.8 Å². The lowest BCUT2D eigenvalue weighted by molar-refractivity contribution is -0.144. The summed E-state index contributed by atoms with van der Waals surface area (Å²) in [7, 11) is -4.41. The molecule has 1 amide bonds. The molecule has 0 fully saturated rings. The van der Waals surface area contributed by atoms with Gasteiger partial charge in [-0.05, 0) is 79.9 Å². The van der Waals surface area contributed by atoms with E-state index in [0.29, 0.717) is 5.69 Å². The molecule has 7 nitrogen and oxygen atoms in total. The highest BCUT2D eigenvalue weighted by Crippen LogP contribution is 2.25. The number of esters is 1. The molecular formula is C12H11I3NO6S-. The van der Waals surface area contributed by atoms with Crippen LogP contribution in [0.5, 0.6) is 0 Å². The standard InChI is InChI=1S/C12H12I3NO6S/c13-8-5-7(6-9(14)12(8)15)16-10(17)1-2-11(18)22-3-4-23(19,20)21/h5-6H,1-4H2,(H,16,17)(H,19,20,21)/p-1. The van der Waals surface area contributed by atoms with Crippen LogP contribution in [0.3, 0.4) is 0 Å². The first-order chi connectivity index (χ1) is 10.6. The normalized spacial score (nSPS) is 11.1. The van der Waals surface area contributed by atoms with Crippen molar-refractivity contribution in [2.24, 2.45) is 0 Å². The minimum absolute atomic E-state index is 0.0951. The number of carbonyl (C=O) groups excluding carboxylic acids is 2. The second kappa shape index (κ2) is 9.67. The second-order valence-electron chi connectivity index (χ2n) is 4.28. The molecule has 128 valence electrons. The summed E-state index contributed by atoms with van der Waals surface area (Å²) < 4.78 is 38.7. The summed E-state index contributed by atoms with van der Waals surface area (Å²) in [5.41, 5.74) is 0.634. The average Bonchev–Trinajstić information content (AvgIpc) is 2.41. The van der Waals surface area contributed by atoms with E-state index in [1.807, 2.05) is 12.1 Å². The van der Waals surface area contributed by atoms with Gasteiger partial charge in [0.15, 0.2) is 0 Å². The zero-order valence-electron chi connectivity index (χ0n) is 11.5. The van der Waals surface area contributed by atoms with Crippen LogP contribution in [0.25, 0.3) is 0 Å². The van der Waals surface area contributed by atoms with Gasteiger partial charge in [-0.1, -0.05) is 0 Å². The maximum Gasteiger partial charge on any atom is 0.306 e. The van der Waals surface area contributed by atoms with Crippen molar-refractivity contribution in [2.75, 3.05) is 17.7 Å². The highest BCUT2D eigenvalue weighted by molar-refractivity contribution is 14.1. The topological polar surface area (TPSA) is 113 Å². The molecule has 0 aliphatic carbocycles. The molecule has 1 N–H and O–H groups in total. The molecule has 0 atom stereocenters. The molecule has 0 aromatic heterocycles. The third-order valence-corrected chi connectivity index (χ3v) is 8.01. The molecule has 0 unspecified atom stereocenters. The van der Waals surface area contributed by atoms with Gasteiger partial charge in [0.25, 0.3) is 0 Å². The fraction of sp³-hybridized carbons (Fsp3) is 0.333. The lowest BCUT2D eigenvalue weighted by Crippen LogP contribution is -2.17. The summed E-state index contributed by atoms with van der Waals surface area (Å²) in [4.78, 5) is 23.1. The number of anilines is 1. The van der Waals surface area contributed by atoms with Crippen molar-refractivity contribution < 1.29 is 27.3 Å². The summed E-state index contributed by atoms with van der Waals surface area (Å²) in [5.74, 6) is -1.86. The number of rotatable bonds is 7. The first kappa shape index (κ1) is 21.3. The molecular weight excluding hydrogens is 667 g/mol. The lowest BCUT2D eigenvalue weighted by atomic mass is 10.2. The second-order valence-corrected chi connectivity index (χ2v) is 9.21. The van der Waals surface area contributed by atoms with E-state index in [4.69, 9.17) is 0 Å². The summed E-state index contributed by atoms with van der Waals surface area (Å²) >= 11 is 6.54. The lowest BCUT2D eigenvalue weighted by Gasteiger charge is -2.09. The summed E-state index contributed by atoms with van der Waals surface area (Å²) in [6.45, 7) is -0.500. The SMILES string of the molecule is O=C(CCC(=O)OCCS(=O)(=O)[O-])Nc1cc(I)c(I)c(I)c1. The minimum Gasteiger partial charge on any atom is -0.748 e. The van der Waals surface area contributed by atoms with E-state index in [1.54, 1.807) is 0 Å². The van der Waals surface area contributed by atoms with Crippen LogP contribution in [0.4, 0.5) is 5.69 Å². The van der Waals surface area contributed by atoms with E-state index < -0.39 is 28.4 Å². The Bertz CT molecular complexity index is 684. The fourth-order valence-electron chi connectivity index (χ4n) is 1.40. The zero-order valence-corrected chi connectivity index (χ0v) is 18.8. The van der Waals surface area contributed by atoms with Crippen LogP contribution in [-0.4, -0.2) is 37.2 Å². The molecule has 0 aliphatic rings. The van der Waals surface area contributed by atoms with Crippen LogP contribution in [0.15, 0.2) is 12.1 Å². The van der Waals surface area contributed by atoms with Gasteiger partial charge in [0.2, 0.25) is 5.91 Å². The molecule has 0 bridgehead atoms. The monoisotopic (exact) mass is 678 g/mol. The third kappa shape index (κ3) is 8.78. The molecule has 1 aromatic carbocycles. The van der Waals surface area contributed by atoms with Crippen LogP contribution in [0.1, 0.15) is 12.8 Å². The van der Waals surface area contributed by atoms with Crippen LogP contribution >= 0.6 is 67.8 Å². The van der Waals surface area contributed by atoms with Crippen LogP contribution in [-0.2, 0) is 24.4 Å². The number of benzene rings is 1. The highest BCUT2D eigenvalue weighted by atomic mass is 127. The predicted octanol–water partition coefficient (Wildman–Crippen LogP) is 2.31. The van der Waals surface area contributed by atoms with Gasteiger partial charge in [0.05, 0.1) is 22.3 Å². The number of ether oxygens (including phenoxy) is 1. The Morgan fingerprint density at radius 3 is 2.22 bits per heavy atom. The first-order valence-corrected chi connectivity index (χ1v) is 10.9. The highest BCUT2D eigenvalue weighted by Gasteiger charge is 2.11. The number of carbonyl (C=O) groups is 2. The number of amides is 1. The largest absolute Gasteiger partial charge is 0.748 e. The summed E-state index contributed by atoms with van der Waals surface area (Å²) in [6.07, 6.45) is -0.286.